The minimum atomic E-state index is -0.834. The summed E-state index contributed by atoms with van der Waals surface area (Å²) >= 11 is 1.32. The molecule has 0 fully saturated rings. The molecule has 0 radical (unpaired) electrons. The van der Waals surface area contributed by atoms with E-state index in [1.165, 1.54) is 11.8 Å². The van der Waals surface area contributed by atoms with E-state index in [2.05, 4.69) is 5.32 Å². The van der Waals surface area contributed by atoms with Crippen molar-refractivity contribution in [3.63, 3.8) is 0 Å². The van der Waals surface area contributed by atoms with Crippen LogP contribution in [0, 0.1) is 0 Å². The Kier molecular flexibility index (Phi) is 6.01. The Morgan fingerprint density at radius 1 is 1.04 bits per heavy atom. The highest BCUT2D eigenvalue weighted by Crippen LogP contribution is 2.31. The molecule has 3 rings (SSSR count). The van der Waals surface area contributed by atoms with Crippen LogP contribution in [-0.2, 0) is 21.8 Å². The smallest absolute Gasteiger partial charge is 0.313 e. The molecule has 0 saturated carbocycles. The maximum Gasteiger partial charge on any atom is 0.313 e. The third kappa shape index (κ3) is 5.16. The fraction of sp³-hybridized carbons (Fsp3) is 0.263. The van der Waals surface area contributed by atoms with E-state index in [0.717, 1.165) is 11.1 Å². The maximum absolute atomic E-state index is 12.3. The first-order chi connectivity index (χ1) is 12.6. The number of hydrogen-bond acceptors (Lipinski definition) is 5. The normalized spacial score (nSPS) is 12.5. The average Bonchev–Trinajstić information content (AvgIpc) is 2.61. The number of nitrogens with one attached hydrogen (secondary N) is 1. The number of benzene rings is 2. The molecule has 136 valence electrons. The van der Waals surface area contributed by atoms with E-state index >= 15 is 0 Å². The Labute approximate surface area is 155 Å². The molecule has 0 bridgehead atoms. The zero-order chi connectivity index (χ0) is 18.4. The van der Waals surface area contributed by atoms with Gasteiger partial charge in [0.1, 0.15) is 13.2 Å². The van der Waals surface area contributed by atoms with E-state index in [-0.39, 0.29) is 18.1 Å². The average molecular weight is 373 g/mol. The third-order valence-electron chi connectivity index (χ3n) is 3.68. The van der Waals surface area contributed by atoms with Crippen molar-refractivity contribution in [2.24, 2.45) is 0 Å². The molecule has 0 unspecified atom stereocenters. The van der Waals surface area contributed by atoms with Crippen LogP contribution in [0.4, 0.5) is 5.69 Å². The van der Waals surface area contributed by atoms with Gasteiger partial charge in [-0.3, -0.25) is 9.59 Å². The number of ether oxygens (including phenoxy) is 2. The van der Waals surface area contributed by atoms with Crippen LogP contribution in [0.15, 0.2) is 42.5 Å². The van der Waals surface area contributed by atoms with Crippen LogP contribution in [0.5, 0.6) is 11.5 Å². The zero-order valence-electron chi connectivity index (χ0n) is 14.1. The minimum absolute atomic E-state index is 0.0563. The topological polar surface area (TPSA) is 84.9 Å². The molecule has 0 atom stereocenters. The van der Waals surface area contributed by atoms with Crippen LogP contribution in [-0.4, -0.2) is 35.9 Å². The summed E-state index contributed by atoms with van der Waals surface area (Å²) in [5.41, 5.74) is 2.51. The van der Waals surface area contributed by atoms with E-state index in [1.807, 2.05) is 42.5 Å². The summed E-state index contributed by atoms with van der Waals surface area (Å²) in [7, 11) is 0. The molecule has 1 aliphatic heterocycles. The Balaban J connectivity index is 1.57. The SMILES string of the molecule is O=C(O)CSCc1cccc(NC(=O)Cc2ccc3c(c2)OCCO3)c1. The van der Waals surface area contributed by atoms with Gasteiger partial charge in [-0.1, -0.05) is 18.2 Å². The summed E-state index contributed by atoms with van der Waals surface area (Å²) in [5.74, 6) is 1.04. The number of fused-ring (bicyclic) bond motifs is 1. The van der Waals surface area contributed by atoms with Gasteiger partial charge in [-0.15, -0.1) is 11.8 Å². The highest BCUT2D eigenvalue weighted by Gasteiger charge is 2.13. The van der Waals surface area contributed by atoms with Crippen molar-refractivity contribution < 1.29 is 24.2 Å². The van der Waals surface area contributed by atoms with Gasteiger partial charge in [0.25, 0.3) is 0 Å². The predicted molar refractivity (Wildman–Crippen MR) is 100 cm³/mol. The van der Waals surface area contributed by atoms with Gasteiger partial charge in [-0.25, -0.2) is 0 Å². The van der Waals surface area contributed by atoms with Gasteiger partial charge in [-0.05, 0) is 35.4 Å². The van der Waals surface area contributed by atoms with Crippen LogP contribution in [0.1, 0.15) is 11.1 Å². The second kappa shape index (κ2) is 8.62. The van der Waals surface area contributed by atoms with Crippen molar-refractivity contribution in [1.29, 1.82) is 0 Å². The molecule has 0 aliphatic carbocycles. The monoisotopic (exact) mass is 373 g/mol. The Bertz CT molecular complexity index is 808. The highest BCUT2D eigenvalue weighted by atomic mass is 32.2. The zero-order valence-corrected chi connectivity index (χ0v) is 14.9. The van der Waals surface area contributed by atoms with Crippen LogP contribution in [0.2, 0.25) is 0 Å². The number of carboxylic acid groups (broad SMARTS) is 1. The van der Waals surface area contributed by atoms with Gasteiger partial charge in [0.05, 0.1) is 12.2 Å². The molecular weight excluding hydrogens is 354 g/mol. The second-order valence-electron chi connectivity index (χ2n) is 5.79. The summed E-state index contributed by atoms with van der Waals surface area (Å²) in [6.07, 6.45) is 0.231. The summed E-state index contributed by atoms with van der Waals surface area (Å²) in [6, 6.07) is 12.9. The number of anilines is 1. The quantitative estimate of drug-likeness (QED) is 0.776. The van der Waals surface area contributed by atoms with E-state index in [1.54, 1.807) is 0 Å². The molecule has 7 heteroatoms. The van der Waals surface area contributed by atoms with Crippen molar-refractivity contribution in [3.05, 3.63) is 53.6 Å². The fourth-order valence-electron chi connectivity index (χ4n) is 2.58. The van der Waals surface area contributed by atoms with Crippen LogP contribution in [0.25, 0.3) is 0 Å². The first-order valence-electron chi connectivity index (χ1n) is 8.17. The van der Waals surface area contributed by atoms with Crippen LogP contribution < -0.4 is 14.8 Å². The lowest BCUT2D eigenvalue weighted by Gasteiger charge is -2.18. The van der Waals surface area contributed by atoms with Crippen molar-refractivity contribution in [2.45, 2.75) is 12.2 Å². The van der Waals surface area contributed by atoms with Gasteiger partial charge in [-0.2, -0.15) is 0 Å². The molecule has 2 aromatic carbocycles. The van der Waals surface area contributed by atoms with Crippen molar-refractivity contribution in [3.8, 4) is 11.5 Å². The minimum Gasteiger partial charge on any atom is -0.486 e. The second-order valence-corrected chi connectivity index (χ2v) is 6.78. The van der Waals surface area contributed by atoms with Gasteiger partial charge >= 0.3 is 5.97 Å². The Morgan fingerprint density at radius 3 is 2.65 bits per heavy atom. The van der Waals surface area contributed by atoms with E-state index in [0.29, 0.717) is 36.2 Å². The molecule has 0 saturated heterocycles. The number of carboxylic acids is 1. The van der Waals surface area contributed by atoms with E-state index < -0.39 is 5.97 Å². The largest absolute Gasteiger partial charge is 0.486 e. The summed E-state index contributed by atoms with van der Waals surface area (Å²) in [6.45, 7) is 1.04. The number of hydrogen-bond donors (Lipinski definition) is 2. The Hall–Kier alpha value is -2.67. The van der Waals surface area contributed by atoms with Crippen molar-refractivity contribution in [1.82, 2.24) is 0 Å². The summed E-state index contributed by atoms with van der Waals surface area (Å²) in [4.78, 5) is 22.9. The van der Waals surface area contributed by atoms with Gasteiger partial charge in [0.2, 0.25) is 5.91 Å². The molecule has 0 aromatic heterocycles. The van der Waals surface area contributed by atoms with E-state index in [4.69, 9.17) is 14.6 Å². The molecule has 1 heterocycles. The molecule has 2 N–H and O–H groups in total. The number of rotatable bonds is 7. The lowest BCUT2D eigenvalue weighted by molar-refractivity contribution is -0.133. The number of carbonyl (C=O) groups excluding carboxylic acids is 1. The molecule has 2 aromatic rings. The molecule has 1 amide bonds. The van der Waals surface area contributed by atoms with Crippen LogP contribution in [0.3, 0.4) is 0 Å². The van der Waals surface area contributed by atoms with Crippen molar-refractivity contribution in [2.75, 3.05) is 24.3 Å². The van der Waals surface area contributed by atoms with Gasteiger partial charge in [0, 0.05) is 11.4 Å². The third-order valence-corrected chi connectivity index (χ3v) is 4.66. The van der Waals surface area contributed by atoms with Crippen LogP contribution >= 0.6 is 11.8 Å². The predicted octanol–water partition coefficient (Wildman–Crippen LogP) is 2.96. The summed E-state index contributed by atoms with van der Waals surface area (Å²) in [5, 5.41) is 11.6. The molecule has 26 heavy (non-hydrogen) atoms. The molecule has 0 spiro atoms. The number of amides is 1. The summed E-state index contributed by atoms with van der Waals surface area (Å²) < 4.78 is 11.0. The van der Waals surface area contributed by atoms with Crippen molar-refractivity contribution >= 4 is 29.3 Å². The first-order valence-corrected chi connectivity index (χ1v) is 9.32. The Morgan fingerprint density at radius 2 is 1.85 bits per heavy atom. The van der Waals surface area contributed by atoms with Gasteiger partial charge in [0.15, 0.2) is 11.5 Å². The molecule has 1 aliphatic rings. The number of carbonyl (C=O) groups is 2. The van der Waals surface area contributed by atoms with E-state index in [9.17, 15) is 9.59 Å². The standard InChI is InChI=1S/C19H19NO5S/c21-18(10-13-4-5-16-17(9-13)25-7-6-24-16)20-15-3-1-2-14(8-15)11-26-12-19(22)23/h1-5,8-9H,6-7,10-12H2,(H,20,21)(H,22,23). The lowest BCUT2D eigenvalue weighted by Crippen LogP contribution is -2.17. The maximum atomic E-state index is 12.3. The first kappa shape index (κ1) is 18.1. The van der Waals surface area contributed by atoms with Gasteiger partial charge < -0.3 is 19.9 Å². The molecular formula is C19H19NO5S. The number of thioether (sulfide) groups is 1. The number of aliphatic carboxylic acids is 1. The fourth-order valence-corrected chi connectivity index (χ4v) is 3.28. The highest BCUT2D eigenvalue weighted by molar-refractivity contribution is 7.99. The lowest BCUT2D eigenvalue weighted by atomic mass is 10.1. The molecule has 6 nitrogen and oxygen atoms in total.